The van der Waals surface area contributed by atoms with Crippen LogP contribution in [-0.4, -0.2) is 47.5 Å². The molecule has 0 bridgehead atoms. The first-order valence-corrected chi connectivity index (χ1v) is 7.82. The molecular weight excluding hydrogens is 322 g/mol. The molecule has 0 aliphatic carbocycles. The highest BCUT2D eigenvalue weighted by molar-refractivity contribution is 9.09. The number of hydrogen-bond donors (Lipinski definition) is 0. The Kier molecular flexibility index (Phi) is 5.05. The van der Waals surface area contributed by atoms with E-state index in [1.165, 1.54) is 0 Å². The quantitative estimate of drug-likeness (QED) is 0.789. The third kappa shape index (κ3) is 4.21. The molecule has 4 nitrogen and oxygen atoms in total. The number of morpholine rings is 1. The molecule has 1 saturated heterocycles. The summed E-state index contributed by atoms with van der Waals surface area (Å²) in [4.78, 5) is 14.1. The summed E-state index contributed by atoms with van der Waals surface area (Å²) < 4.78 is 11.4. The summed E-state index contributed by atoms with van der Waals surface area (Å²) in [6.45, 7) is 5.26. The fraction of sp³-hybridized carbons (Fsp3) is 0.533. The standard InChI is InChI=1S/C15H20BrNO3/c1-15(2)11-17(9-13(8-16)20-15)14(18)10-19-12-6-4-3-5-7-12/h3-7,13H,8-11H2,1-2H3. The van der Waals surface area contributed by atoms with Crippen molar-refractivity contribution in [1.82, 2.24) is 4.90 Å². The number of amides is 1. The molecule has 1 fully saturated rings. The van der Waals surface area contributed by atoms with Crippen molar-refractivity contribution >= 4 is 21.8 Å². The molecule has 0 aromatic heterocycles. The molecule has 0 saturated carbocycles. The van der Waals surface area contributed by atoms with Crippen molar-refractivity contribution in [3.05, 3.63) is 30.3 Å². The highest BCUT2D eigenvalue weighted by atomic mass is 79.9. The molecule has 0 radical (unpaired) electrons. The zero-order chi connectivity index (χ0) is 14.6. The van der Waals surface area contributed by atoms with E-state index in [1.807, 2.05) is 49.1 Å². The number of benzene rings is 1. The molecule has 1 unspecified atom stereocenters. The van der Waals surface area contributed by atoms with Gasteiger partial charge >= 0.3 is 0 Å². The van der Waals surface area contributed by atoms with Crippen LogP contribution in [-0.2, 0) is 9.53 Å². The summed E-state index contributed by atoms with van der Waals surface area (Å²) in [6, 6.07) is 9.38. The molecule has 110 valence electrons. The summed E-state index contributed by atoms with van der Waals surface area (Å²) in [5, 5.41) is 0.722. The largest absolute Gasteiger partial charge is 0.484 e. The monoisotopic (exact) mass is 341 g/mol. The topological polar surface area (TPSA) is 38.8 Å². The van der Waals surface area contributed by atoms with Gasteiger partial charge in [0.25, 0.3) is 5.91 Å². The van der Waals surface area contributed by atoms with Crippen molar-refractivity contribution in [3.63, 3.8) is 0 Å². The molecule has 5 heteroatoms. The van der Waals surface area contributed by atoms with Crippen LogP contribution >= 0.6 is 15.9 Å². The third-order valence-corrected chi connectivity index (χ3v) is 3.83. The molecule has 2 rings (SSSR count). The predicted molar refractivity (Wildman–Crippen MR) is 81.3 cm³/mol. The normalized spacial score (nSPS) is 21.6. The number of carbonyl (C=O) groups is 1. The van der Waals surface area contributed by atoms with Gasteiger partial charge in [0.2, 0.25) is 0 Å². The number of para-hydroxylation sites is 1. The van der Waals surface area contributed by atoms with E-state index >= 15 is 0 Å². The van der Waals surface area contributed by atoms with E-state index in [0.29, 0.717) is 18.8 Å². The molecule has 1 aliphatic rings. The lowest BCUT2D eigenvalue weighted by atomic mass is 10.1. The van der Waals surface area contributed by atoms with Crippen molar-refractivity contribution in [1.29, 1.82) is 0 Å². The van der Waals surface area contributed by atoms with Crippen LogP contribution in [0.3, 0.4) is 0 Å². The van der Waals surface area contributed by atoms with E-state index < -0.39 is 0 Å². The Labute approximate surface area is 128 Å². The molecule has 20 heavy (non-hydrogen) atoms. The third-order valence-electron chi connectivity index (χ3n) is 3.11. The van der Waals surface area contributed by atoms with Gasteiger partial charge in [-0.3, -0.25) is 4.79 Å². The van der Waals surface area contributed by atoms with Gasteiger partial charge in [0.1, 0.15) is 5.75 Å². The van der Waals surface area contributed by atoms with Crippen molar-refractivity contribution in [2.24, 2.45) is 0 Å². The van der Waals surface area contributed by atoms with Gasteiger partial charge < -0.3 is 14.4 Å². The molecular formula is C15H20BrNO3. The van der Waals surface area contributed by atoms with Crippen LogP contribution in [0.4, 0.5) is 0 Å². The minimum Gasteiger partial charge on any atom is -0.484 e. The van der Waals surface area contributed by atoms with Gasteiger partial charge in [-0.2, -0.15) is 0 Å². The maximum Gasteiger partial charge on any atom is 0.260 e. The van der Waals surface area contributed by atoms with Gasteiger partial charge in [0.15, 0.2) is 6.61 Å². The molecule has 1 heterocycles. The molecule has 1 atom stereocenters. The molecule has 1 amide bonds. The maximum atomic E-state index is 12.3. The fourth-order valence-corrected chi connectivity index (χ4v) is 2.66. The van der Waals surface area contributed by atoms with Crippen LogP contribution in [0.2, 0.25) is 0 Å². The zero-order valence-electron chi connectivity index (χ0n) is 11.8. The Morgan fingerprint density at radius 2 is 2.15 bits per heavy atom. The Bertz CT molecular complexity index is 450. The Hall–Kier alpha value is -1.07. The highest BCUT2D eigenvalue weighted by Gasteiger charge is 2.35. The van der Waals surface area contributed by atoms with Gasteiger partial charge in [-0.1, -0.05) is 34.1 Å². The van der Waals surface area contributed by atoms with Crippen molar-refractivity contribution in [2.75, 3.05) is 25.0 Å². The summed E-state index contributed by atoms with van der Waals surface area (Å²) in [5.74, 6) is 0.710. The first-order chi connectivity index (χ1) is 9.50. The lowest BCUT2D eigenvalue weighted by Gasteiger charge is -2.42. The molecule has 0 spiro atoms. The van der Waals surface area contributed by atoms with E-state index in [4.69, 9.17) is 9.47 Å². The number of carbonyl (C=O) groups excluding carboxylic acids is 1. The summed E-state index contributed by atoms with van der Waals surface area (Å²) in [6.07, 6.45) is 0.0272. The van der Waals surface area contributed by atoms with Gasteiger partial charge in [-0.05, 0) is 26.0 Å². The number of ether oxygens (including phenoxy) is 2. The van der Waals surface area contributed by atoms with E-state index in [0.717, 1.165) is 5.33 Å². The summed E-state index contributed by atoms with van der Waals surface area (Å²) >= 11 is 3.42. The van der Waals surface area contributed by atoms with Crippen LogP contribution in [0.25, 0.3) is 0 Å². The number of rotatable bonds is 4. The SMILES string of the molecule is CC1(C)CN(C(=O)COc2ccccc2)CC(CBr)O1. The highest BCUT2D eigenvalue weighted by Crippen LogP contribution is 2.22. The summed E-state index contributed by atoms with van der Waals surface area (Å²) in [7, 11) is 0. The zero-order valence-corrected chi connectivity index (χ0v) is 13.4. The Balaban J connectivity index is 1.91. The van der Waals surface area contributed by atoms with Crippen LogP contribution in [0.15, 0.2) is 30.3 Å². The van der Waals surface area contributed by atoms with E-state index in [2.05, 4.69) is 15.9 Å². The number of hydrogen-bond acceptors (Lipinski definition) is 3. The van der Waals surface area contributed by atoms with Crippen molar-refractivity contribution in [3.8, 4) is 5.75 Å². The second kappa shape index (κ2) is 6.59. The molecule has 1 aromatic rings. The smallest absolute Gasteiger partial charge is 0.260 e. The maximum absolute atomic E-state index is 12.3. The van der Waals surface area contributed by atoms with E-state index in [1.54, 1.807) is 0 Å². The predicted octanol–water partition coefficient (Wildman–Crippen LogP) is 2.47. The van der Waals surface area contributed by atoms with Gasteiger partial charge in [0, 0.05) is 18.4 Å². The van der Waals surface area contributed by atoms with Gasteiger partial charge in [-0.25, -0.2) is 0 Å². The minimum absolute atomic E-state index is 0.00354. The number of alkyl halides is 1. The van der Waals surface area contributed by atoms with Crippen molar-refractivity contribution in [2.45, 2.75) is 25.6 Å². The number of nitrogens with zero attached hydrogens (tertiary/aromatic N) is 1. The summed E-state index contributed by atoms with van der Waals surface area (Å²) in [5.41, 5.74) is -0.320. The van der Waals surface area contributed by atoms with E-state index in [-0.39, 0.29) is 24.2 Å². The lowest BCUT2D eigenvalue weighted by Crippen LogP contribution is -2.56. The van der Waals surface area contributed by atoms with Crippen LogP contribution in [0.5, 0.6) is 5.75 Å². The first-order valence-electron chi connectivity index (χ1n) is 6.69. The van der Waals surface area contributed by atoms with Gasteiger partial charge in [0.05, 0.1) is 11.7 Å². The van der Waals surface area contributed by atoms with Crippen LogP contribution < -0.4 is 4.74 Å². The molecule has 1 aliphatic heterocycles. The Morgan fingerprint density at radius 1 is 1.45 bits per heavy atom. The Morgan fingerprint density at radius 3 is 2.80 bits per heavy atom. The van der Waals surface area contributed by atoms with E-state index in [9.17, 15) is 4.79 Å². The second-order valence-corrected chi connectivity index (χ2v) is 6.18. The molecule has 0 N–H and O–H groups in total. The molecule has 1 aromatic carbocycles. The average Bonchev–Trinajstić information content (AvgIpc) is 2.44. The second-order valence-electron chi connectivity index (χ2n) is 5.53. The average molecular weight is 342 g/mol. The lowest BCUT2D eigenvalue weighted by molar-refractivity contribution is -0.158. The van der Waals surface area contributed by atoms with Crippen molar-refractivity contribution < 1.29 is 14.3 Å². The number of halogens is 1. The van der Waals surface area contributed by atoms with Crippen LogP contribution in [0, 0.1) is 0 Å². The fourth-order valence-electron chi connectivity index (χ4n) is 2.32. The van der Waals surface area contributed by atoms with Crippen LogP contribution in [0.1, 0.15) is 13.8 Å². The van der Waals surface area contributed by atoms with Gasteiger partial charge in [-0.15, -0.1) is 0 Å². The minimum atomic E-state index is -0.320. The first kappa shape index (κ1) is 15.3.